The van der Waals surface area contributed by atoms with Gasteiger partial charge in [-0.25, -0.2) is 4.39 Å². The zero-order chi connectivity index (χ0) is 18.1. The van der Waals surface area contributed by atoms with Crippen molar-refractivity contribution in [2.45, 2.75) is 11.3 Å². The van der Waals surface area contributed by atoms with Crippen molar-refractivity contribution in [2.75, 3.05) is 17.7 Å². The lowest BCUT2D eigenvalue weighted by molar-refractivity contribution is -0.146. The van der Waals surface area contributed by atoms with Crippen molar-refractivity contribution in [3.8, 4) is 6.07 Å². The predicted octanol–water partition coefficient (Wildman–Crippen LogP) is 3.36. The van der Waals surface area contributed by atoms with Crippen LogP contribution >= 0.6 is 11.8 Å². The van der Waals surface area contributed by atoms with Gasteiger partial charge in [0.05, 0.1) is 18.1 Å². The van der Waals surface area contributed by atoms with Gasteiger partial charge in [0.1, 0.15) is 5.82 Å². The van der Waals surface area contributed by atoms with Crippen LogP contribution in [0.15, 0.2) is 53.4 Å². The number of anilines is 1. The van der Waals surface area contributed by atoms with Crippen LogP contribution in [0.2, 0.25) is 0 Å². The summed E-state index contributed by atoms with van der Waals surface area (Å²) >= 11 is 1.40. The standard InChI is InChI=1S/C18H15FN2O3S/c19-14-4-6-16(7-5-14)25-9-8-18(23)24-12-17(22)21-15-3-1-2-13(10-15)11-20/h1-7,10H,8-9,12H2,(H,21,22). The molecule has 0 aliphatic heterocycles. The van der Waals surface area contributed by atoms with Gasteiger partial charge in [-0.1, -0.05) is 6.07 Å². The Morgan fingerprint density at radius 1 is 1.20 bits per heavy atom. The van der Waals surface area contributed by atoms with E-state index in [1.54, 1.807) is 30.3 Å². The van der Waals surface area contributed by atoms with Gasteiger partial charge in [-0.2, -0.15) is 5.26 Å². The largest absolute Gasteiger partial charge is 0.456 e. The van der Waals surface area contributed by atoms with Gasteiger partial charge < -0.3 is 10.1 Å². The van der Waals surface area contributed by atoms with Crippen molar-refractivity contribution < 1.29 is 18.7 Å². The number of carbonyl (C=O) groups is 2. The Bertz CT molecular complexity index is 788. The van der Waals surface area contributed by atoms with Gasteiger partial charge in [-0.15, -0.1) is 11.8 Å². The van der Waals surface area contributed by atoms with E-state index in [0.29, 0.717) is 17.0 Å². The van der Waals surface area contributed by atoms with E-state index in [-0.39, 0.29) is 12.2 Å². The van der Waals surface area contributed by atoms with E-state index in [2.05, 4.69) is 5.32 Å². The number of esters is 1. The summed E-state index contributed by atoms with van der Waals surface area (Å²) in [6, 6.07) is 14.4. The normalized spacial score (nSPS) is 9.92. The summed E-state index contributed by atoms with van der Waals surface area (Å²) in [5.74, 6) is -0.809. The van der Waals surface area contributed by atoms with Gasteiger partial charge >= 0.3 is 5.97 Å². The van der Waals surface area contributed by atoms with E-state index in [4.69, 9.17) is 10.00 Å². The van der Waals surface area contributed by atoms with E-state index in [9.17, 15) is 14.0 Å². The van der Waals surface area contributed by atoms with E-state index in [1.807, 2.05) is 6.07 Å². The van der Waals surface area contributed by atoms with Gasteiger partial charge in [-0.3, -0.25) is 9.59 Å². The molecule has 0 heterocycles. The summed E-state index contributed by atoms with van der Waals surface area (Å²) in [4.78, 5) is 24.2. The minimum Gasteiger partial charge on any atom is -0.456 e. The number of thioether (sulfide) groups is 1. The number of halogens is 1. The van der Waals surface area contributed by atoms with Crippen molar-refractivity contribution in [2.24, 2.45) is 0 Å². The van der Waals surface area contributed by atoms with Gasteiger partial charge in [0, 0.05) is 16.3 Å². The van der Waals surface area contributed by atoms with Gasteiger partial charge in [0.15, 0.2) is 6.61 Å². The molecule has 0 radical (unpaired) electrons. The Labute approximate surface area is 148 Å². The summed E-state index contributed by atoms with van der Waals surface area (Å²) in [6.07, 6.45) is 0.138. The molecule has 0 aliphatic rings. The number of benzene rings is 2. The van der Waals surface area contributed by atoms with Gasteiger partial charge in [-0.05, 0) is 42.5 Å². The highest BCUT2D eigenvalue weighted by Gasteiger charge is 2.08. The fourth-order valence-electron chi connectivity index (χ4n) is 1.86. The molecule has 0 aliphatic carbocycles. The summed E-state index contributed by atoms with van der Waals surface area (Å²) in [7, 11) is 0. The molecule has 5 nitrogen and oxygen atoms in total. The molecule has 0 saturated heterocycles. The maximum Gasteiger partial charge on any atom is 0.307 e. The number of nitriles is 1. The molecular weight excluding hydrogens is 343 g/mol. The molecule has 1 N–H and O–H groups in total. The van der Waals surface area contributed by atoms with Crippen LogP contribution in [0.3, 0.4) is 0 Å². The van der Waals surface area contributed by atoms with Crippen LogP contribution in [-0.2, 0) is 14.3 Å². The van der Waals surface area contributed by atoms with Crippen LogP contribution in [0.4, 0.5) is 10.1 Å². The third kappa shape index (κ3) is 6.65. The van der Waals surface area contributed by atoms with Gasteiger partial charge in [0.25, 0.3) is 5.91 Å². The fourth-order valence-corrected chi connectivity index (χ4v) is 2.70. The first kappa shape index (κ1) is 18.5. The quantitative estimate of drug-likeness (QED) is 0.606. The highest BCUT2D eigenvalue weighted by atomic mass is 32.2. The molecule has 0 atom stereocenters. The Morgan fingerprint density at radius 2 is 1.96 bits per heavy atom. The number of nitrogens with zero attached hydrogens (tertiary/aromatic N) is 1. The highest BCUT2D eigenvalue weighted by Crippen LogP contribution is 2.19. The summed E-state index contributed by atoms with van der Waals surface area (Å²) in [5.41, 5.74) is 0.888. The first-order chi connectivity index (χ1) is 12.1. The van der Waals surface area contributed by atoms with Crippen LogP contribution in [-0.4, -0.2) is 24.2 Å². The second-order valence-corrected chi connectivity index (χ2v) is 6.12. The van der Waals surface area contributed by atoms with Crippen molar-refractivity contribution in [1.82, 2.24) is 0 Å². The van der Waals surface area contributed by atoms with Crippen LogP contribution in [0.1, 0.15) is 12.0 Å². The number of ether oxygens (including phenoxy) is 1. The molecule has 7 heteroatoms. The lowest BCUT2D eigenvalue weighted by Gasteiger charge is -2.07. The first-order valence-electron chi connectivity index (χ1n) is 7.41. The Balaban J connectivity index is 1.67. The minimum absolute atomic E-state index is 0.138. The Hall–Kier alpha value is -2.85. The molecule has 0 unspecified atom stereocenters. The smallest absolute Gasteiger partial charge is 0.307 e. The molecule has 0 spiro atoms. The van der Waals surface area contributed by atoms with Crippen LogP contribution in [0, 0.1) is 17.1 Å². The number of hydrogen-bond donors (Lipinski definition) is 1. The lowest BCUT2D eigenvalue weighted by Crippen LogP contribution is -2.21. The van der Waals surface area contributed by atoms with Crippen LogP contribution in [0.25, 0.3) is 0 Å². The molecule has 0 saturated carbocycles. The molecule has 0 fully saturated rings. The topological polar surface area (TPSA) is 79.2 Å². The average Bonchev–Trinajstić information content (AvgIpc) is 2.62. The van der Waals surface area contributed by atoms with Crippen molar-refractivity contribution in [3.63, 3.8) is 0 Å². The number of amides is 1. The molecule has 2 aromatic carbocycles. The summed E-state index contributed by atoms with van der Waals surface area (Å²) in [5, 5.41) is 11.3. The molecule has 2 rings (SSSR count). The third-order valence-electron chi connectivity index (χ3n) is 3.03. The van der Waals surface area contributed by atoms with E-state index in [0.717, 1.165) is 4.90 Å². The molecule has 25 heavy (non-hydrogen) atoms. The predicted molar refractivity (Wildman–Crippen MR) is 92.5 cm³/mol. The maximum atomic E-state index is 12.8. The number of rotatable bonds is 7. The van der Waals surface area contributed by atoms with E-state index < -0.39 is 18.5 Å². The minimum atomic E-state index is -0.490. The highest BCUT2D eigenvalue weighted by molar-refractivity contribution is 7.99. The van der Waals surface area contributed by atoms with Crippen molar-refractivity contribution in [3.05, 3.63) is 59.9 Å². The third-order valence-corrected chi connectivity index (χ3v) is 4.04. The van der Waals surface area contributed by atoms with Crippen molar-refractivity contribution >= 4 is 29.3 Å². The zero-order valence-corrected chi connectivity index (χ0v) is 14.0. The monoisotopic (exact) mass is 358 g/mol. The fraction of sp³-hybridized carbons (Fsp3) is 0.167. The SMILES string of the molecule is N#Cc1cccc(NC(=O)COC(=O)CCSc2ccc(F)cc2)c1. The molecule has 128 valence electrons. The molecule has 1 amide bonds. The molecule has 0 bridgehead atoms. The average molecular weight is 358 g/mol. The molecule has 2 aromatic rings. The van der Waals surface area contributed by atoms with Crippen LogP contribution < -0.4 is 5.32 Å². The summed E-state index contributed by atoms with van der Waals surface area (Å²) < 4.78 is 17.7. The van der Waals surface area contributed by atoms with Gasteiger partial charge in [0.2, 0.25) is 0 Å². The van der Waals surface area contributed by atoms with Crippen LogP contribution in [0.5, 0.6) is 0 Å². The van der Waals surface area contributed by atoms with E-state index >= 15 is 0 Å². The Kier molecular flexibility index (Phi) is 6.99. The number of hydrogen-bond acceptors (Lipinski definition) is 5. The number of nitrogens with one attached hydrogen (secondary N) is 1. The van der Waals surface area contributed by atoms with Crippen molar-refractivity contribution in [1.29, 1.82) is 5.26 Å². The second kappa shape index (κ2) is 9.45. The molecular formula is C18H15FN2O3S. The number of carbonyl (C=O) groups excluding carboxylic acids is 2. The molecule has 0 aromatic heterocycles. The Morgan fingerprint density at radius 3 is 2.68 bits per heavy atom. The maximum absolute atomic E-state index is 12.8. The lowest BCUT2D eigenvalue weighted by atomic mass is 10.2. The van der Waals surface area contributed by atoms with E-state index in [1.165, 1.54) is 30.0 Å². The zero-order valence-electron chi connectivity index (χ0n) is 13.2. The second-order valence-electron chi connectivity index (χ2n) is 4.95. The summed E-state index contributed by atoms with van der Waals surface area (Å²) in [6.45, 7) is -0.392. The first-order valence-corrected chi connectivity index (χ1v) is 8.39.